The van der Waals surface area contributed by atoms with Crippen LogP contribution in [0.1, 0.15) is 40.2 Å². The zero-order chi connectivity index (χ0) is 14.7. The van der Waals surface area contributed by atoms with Gasteiger partial charge in [-0.05, 0) is 49.8 Å². The fourth-order valence-corrected chi connectivity index (χ4v) is 2.72. The molecule has 2 N–H and O–H groups in total. The van der Waals surface area contributed by atoms with E-state index in [9.17, 15) is 9.18 Å². The number of hydrogen-bond acceptors (Lipinski definition) is 2. The number of nitrogens with zero attached hydrogens (tertiary/aromatic N) is 1. The molecule has 0 radical (unpaired) electrons. The van der Waals surface area contributed by atoms with E-state index >= 15 is 0 Å². The van der Waals surface area contributed by atoms with Crippen molar-refractivity contribution in [2.45, 2.75) is 32.1 Å². The maximum atomic E-state index is 12.8. The number of carbonyl (C=O) groups is 1. The second kappa shape index (κ2) is 6.08. The van der Waals surface area contributed by atoms with Gasteiger partial charge in [-0.25, -0.2) is 4.39 Å². The van der Waals surface area contributed by atoms with Crippen LogP contribution >= 0.6 is 0 Å². The molecule has 1 aromatic heterocycles. The highest BCUT2D eigenvalue weighted by Gasteiger charge is 2.21. The second-order valence-electron chi connectivity index (χ2n) is 5.37. The number of aromatic nitrogens is 2. The normalized spacial score (nSPS) is 13.8. The molecule has 0 saturated carbocycles. The summed E-state index contributed by atoms with van der Waals surface area (Å²) in [6.45, 7) is 0.520. The highest BCUT2D eigenvalue weighted by Crippen LogP contribution is 2.21. The number of carbonyl (C=O) groups excluding carboxylic acids is 1. The van der Waals surface area contributed by atoms with Crippen molar-refractivity contribution in [1.82, 2.24) is 15.5 Å². The van der Waals surface area contributed by atoms with Crippen molar-refractivity contribution in [2.24, 2.45) is 0 Å². The smallest absolute Gasteiger partial charge is 0.272 e. The minimum absolute atomic E-state index is 0.128. The number of aromatic amines is 1. The highest BCUT2D eigenvalue weighted by atomic mass is 19.1. The van der Waals surface area contributed by atoms with Gasteiger partial charge in [0.2, 0.25) is 0 Å². The fourth-order valence-electron chi connectivity index (χ4n) is 2.72. The van der Waals surface area contributed by atoms with E-state index in [0.717, 1.165) is 42.5 Å². The van der Waals surface area contributed by atoms with E-state index in [1.54, 1.807) is 12.1 Å². The molecule has 0 fully saturated rings. The predicted octanol–water partition coefficient (Wildman–Crippen LogP) is 2.40. The lowest BCUT2D eigenvalue weighted by Crippen LogP contribution is -2.27. The monoisotopic (exact) mass is 287 g/mol. The zero-order valence-corrected chi connectivity index (χ0v) is 11.8. The van der Waals surface area contributed by atoms with Crippen LogP contribution in [0.5, 0.6) is 0 Å². The summed E-state index contributed by atoms with van der Waals surface area (Å²) in [6, 6.07) is 6.33. The molecule has 21 heavy (non-hydrogen) atoms. The first-order valence-electron chi connectivity index (χ1n) is 7.33. The third kappa shape index (κ3) is 3.12. The third-order valence-electron chi connectivity index (χ3n) is 3.88. The van der Waals surface area contributed by atoms with Crippen molar-refractivity contribution in [1.29, 1.82) is 0 Å². The van der Waals surface area contributed by atoms with Crippen molar-refractivity contribution in [3.63, 3.8) is 0 Å². The lowest BCUT2D eigenvalue weighted by Gasteiger charge is -2.11. The number of nitrogens with one attached hydrogen (secondary N) is 2. The van der Waals surface area contributed by atoms with E-state index in [-0.39, 0.29) is 11.7 Å². The summed E-state index contributed by atoms with van der Waals surface area (Å²) in [4.78, 5) is 12.2. The summed E-state index contributed by atoms with van der Waals surface area (Å²) in [6.07, 6.45) is 4.85. The molecule has 1 heterocycles. The van der Waals surface area contributed by atoms with Gasteiger partial charge in [-0.3, -0.25) is 9.89 Å². The average molecular weight is 287 g/mol. The van der Waals surface area contributed by atoms with Crippen LogP contribution < -0.4 is 5.32 Å². The number of benzene rings is 1. The van der Waals surface area contributed by atoms with Crippen LogP contribution in [-0.4, -0.2) is 22.6 Å². The van der Waals surface area contributed by atoms with Crippen molar-refractivity contribution in [3.05, 3.63) is 52.6 Å². The lowest BCUT2D eigenvalue weighted by atomic mass is 9.96. The van der Waals surface area contributed by atoms with Crippen LogP contribution in [-0.2, 0) is 19.3 Å². The van der Waals surface area contributed by atoms with E-state index in [2.05, 4.69) is 15.5 Å². The molecule has 0 bridgehead atoms. The molecule has 0 atom stereocenters. The Morgan fingerprint density at radius 1 is 1.24 bits per heavy atom. The molecule has 0 spiro atoms. The molecule has 1 aliphatic rings. The number of aryl methyl sites for hydroxylation is 1. The summed E-state index contributed by atoms with van der Waals surface area (Å²) in [5.74, 6) is -0.373. The second-order valence-corrected chi connectivity index (χ2v) is 5.37. The Bertz CT molecular complexity index is 633. The number of H-pyrrole nitrogens is 1. The van der Waals surface area contributed by atoms with Crippen molar-refractivity contribution >= 4 is 5.91 Å². The summed E-state index contributed by atoms with van der Waals surface area (Å²) in [5.41, 5.74) is 3.70. The fraction of sp³-hybridized carbons (Fsp3) is 0.375. The first-order chi connectivity index (χ1) is 10.2. The van der Waals surface area contributed by atoms with Crippen molar-refractivity contribution in [2.75, 3.05) is 6.54 Å². The lowest BCUT2D eigenvalue weighted by molar-refractivity contribution is 0.0948. The van der Waals surface area contributed by atoms with Gasteiger partial charge in [0.25, 0.3) is 5.91 Å². The number of fused-ring (bicyclic) bond motifs is 1. The summed E-state index contributed by atoms with van der Waals surface area (Å²) in [7, 11) is 0. The van der Waals surface area contributed by atoms with Gasteiger partial charge in [0.1, 0.15) is 5.82 Å². The van der Waals surface area contributed by atoms with Gasteiger partial charge in [0.15, 0.2) is 5.69 Å². The summed E-state index contributed by atoms with van der Waals surface area (Å²) in [5, 5.41) is 10.0. The quantitative estimate of drug-likeness (QED) is 0.907. The molecular formula is C16H18FN3O. The molecule has 0 unspecified atom stereocenters. The molecule has 1 aromatic carbocycles. The molecule has 5 heteroatoms. The van der Waals surface area contributed by atoms with Gasteiger partial charge in [-0.2, -0.15) is 5.10 Å². The minimum atomic E-state index is -0.245. The molecule has 1 aliphatic carbocycles. The SMILES string of the molecule is O=C(NCCc1ccc(F)cc1)c1n[nH]c2c1CCCC2. The standard InChI is InChI=1S/C16H18FN3O/c17-12-7-5-11(6-8-12)9-10-18-16(21)15-13-3-1-2-4-14(13)19-20-15/h5-8H,1-4,9-10H2,(H,18,21)(H,19,20). The zero-order valence-electron chi connectivity index (χ0n) is 11.8. The molecule has 110 valence electrons. The van der Waals surface area contributed by atoms with Crippen molar-refractivity contribution in [3.8, 4) is 0 Å². The maximum absolute atomic E-state index is 12.8. The summed E-state index contributed by atoms with van der Waals surface area (Å²) < 4.78 is 12.8. The third-order valence-corrected chi connectivity index (χ3v) is 3.88. The molecular weight excluding hydrogens is 269 g/mol. The Balaban J connectivity index is 1.57. The first kappa shape index (κ1) is 13.8. The van der Waals surface area contributed by atoms with Gasteiger partial charge in [0, 0.05) is 17.8 Å². The summed E-state index contributed by atoms with van der Waals surface area (Å²) >= 11 is 0. The average Bonchev–Trinajstić information content (AvgIpc) is 2.93. The van der Waals surface area contributed by atoms with Crippen LogP contribution in [0.4, 0.5) is 4.39 Å². The van der Waals surface area contributed by atoms with Crippen LogP contribution in [0.15, 0.2) is 24.3 Å². The first-order valence-corrected chi connectivity index (χ1v) is 7.33. The van der Waals surface area contributed by atoms with E-state index < -0.39 is 0 Å². The Morgan fingerprint density at radius 3 is 2.81 bits per heavy atom. The number of amides is 1. The van der Waals surface area contributed by atoms with E-state index in [1.165, 1.54) is 12.1 Å². The van der Waals surface area contributed by atoms with Crippen LogP contribution in [0.3, 0.4) is 0 Å². The predicted molar refractivity (Wildman–Crippen MR) is 77.7 cm³/mol. The van der Waals surface area contributed by atoms with Gasteiger partial charge < -0.3 is 5.32 Å². The van der Waals surface area contributed by atoms with E-state index in [0.29, 0.717) is 18.7 Å². The Morgan fingerprint density at radius 2 is 2.00 bits per heavy atom. The van der Waals surface area contributed by atoms with E-state index in [4.69, 9.17) is 0 Å². The largest absolute Gasteiger partial charge is 0.350 e. The number of rotatable bonds is 4. The van der Waals surface area contributed by atoms with Crippen LogP contribution in [0.25, 0.3) is 0 Å². The van der Waals surface area contributed by atoms with Gasteiger partial charge in [-0.1, -0.05) is 12.1 Å². The molecule has 0 aliphatic heterocycles. The molecule has 1 amide bonds. The molecule has 4 nitrogen and oxygen atoms in total. The number of halogens is 1. The van der Waals surface area contributed by atoms with Crippen LogP contribution in [0.2, 0.25) is 0 Å². The Labute approximate surface area is 122 Å². The molecule has 3 rings (SSSR count). The van der Waals surface area contributed by atoms with Gasteiger partial charge >= 0.3 is 0 Å². The highest BCUT2D eigenvalue weighted by molar-refractivity contribution is 5.94. The van der Waals surface area contributed by atoms with Crippen LogP contribution in [0, 0.1) is 5.82 Å². The Hall–Kier alpha value is -2.17. The van der Waals surface area contributed by atoms with Gasteiger partial charge in [0.05, 0.1) is 0 Å². The minimum Gasteiger partial charge on any atom is -0.350 e. The number of hydrogen-bond donors (Lipinski definition) is 2. The van der Waals surface area contributed by atoms with E-state index in [1.807, 2.05) is 0 Å². The van der Waals surface area contributed by atoms with Crippen molar-refractivity contribution < 1.29 is 9.18 Å². The topological polar surface area (TPSA) is 57.8 Å². The maximum Gasteiger partial charge on any atom is 0.272 e. The Kier molecular flexibility index (Phi) is 3.99. The molecule has 0 saturated heterocycles. The molecule has 2 aromatic rings. The van der Waals surface area contributed by atoms with Gasteiger partial charge in [-0.15, -0.1) is 0 Å².